The Kier molecular flexibility index (Phi) is 8.67. The molecule has 0 unspecified atom stereocenters. The van der Waals surface area contributed by atoms with Crippen LogP contribution in [0.4, 0.5) is 0 Å². The van der Waals surface area contributed by atoms with Crippen molar-refractivity contribution in [3.63, 3.8) is 0 Å². The van der Waals surface area contributed by atoms with E-state index in [0.717, 1.165) is 11.1 Å². The van der Waals surface area contributed by atoms with E-state index in [1.807, 2.05) is 37.9 Å². The Morgan fingerprint density at radius 3 is 2.19 bits per heavy atom. The summed E-state index contributed by atoms with van der Waals surface area (Å²) in [5.41, 5.74) is 2.99. The van der Waals surface area contributed by atoms with Crippen LogP contribution in [0.25, 0.3) is 11.0 Å². The lowest BCUT2D eigenvalue weighted by Gasteiger charge is -2.30. The molecule has 0 spiro atoms. The Labute approximate surface area is 215 Å². The minimum Gasteiger partial charge on any atom is -0.462 e. The molecule has 11 heteroatoms. The number of ether oxygens (including phenoxy) is 3. The highest BCUT2D eigenvalue weighted by Crippen LogP contribution is 2.23. The van der Waals surface area contributed by atoms with Gasteiger partial charge in [-0.15, -0.1) is 0 Å². The molecule has 200 valence electrons. The molecule has 11 nitrogen and oxygen atoms in total. The van der Waals surface area contributed by atoms with Crippen LogP contribution < -0.4 is 5.56 Å². The zero-order valence-corrected chi connectivity index (χ0v) is 22.4. The van der Waals surface area contributed by atoms with E-state index in [-0.39, 0.29) is 24.4 Å². The first kappa shape index (κ1) is 27.8. The predicted octanol–water partition coefficient (Wildman–Crippen LogP) is 1.77. The van der Waals surface area contributed by atoms with Gasteiger partial charge in [-0.2, -0.15) is 0 Å². The molecule has 0 N–H and O–H groups in total. The third-order valence-corrected chi connectivity index (χ3v) is 6.45. The smallest absolute Gasteiger partial charge is 0.303 e. The minimum atomic E-state index is -0.900. The van der Waals surface area contributed by atoms with Crippen molar-refractivity contribution in [3.05, 3.63) is 39.3 Å². The maximum atomic E-state index is 13.8. The van der Waals surface area contributed by atoms with Crippen LogP contribution in [0, 0.1) is 19.8 Å². The van der Waals surface area contributed by atoms with Crippen molar-refractivity contribution >= 4 is 34.8 Å². The third kappa shape index (κ3) is 6.52. The number of aromatic nitrogens is 2. The van der Waals surface area contributed by atoms with Crippen LogP contribution in [-0.4, -0.2) is 77.1 Å². The number of hydrogen-bond acceptors (Lipinski definition) is 10. The predicted molar refractivity (Wildman–Crippen MR) is 136 cm³/mol. The molecule has 0 fully saturated rings. The SMILES string of the molecule is CC(=O)OC[C@@H](OC(C)=O)[C@@H](C)[C@H](Cn1c(=O)c(C2=NCCN2C)nc2cc(C)c(C)cc21)OC(C)=O. The highest BCUT2D eigenvalue weighted by atomic mass is 16.6. The van der Waals surface area contributed by atoms with E-state index in [2.05, 4.69) is 9.98 Å². The van der Waals surface area contributed by atoms with Crippen molar-refractivity contribution in [2.45, 2.75) is 60.3 Å². The van der Waals surface area contributed by atoms with E-state index in [1.54, 1.807) is 6.92 Å². The topological polar surface area (TPSA) is 129 Å². The van der Waals surface area contributed by atoms with E-state index in [1.165, 1.54) is 25.3 Å². The van der Waals surface area contributed by atoms with Crippen molar-refractivity contribution in [3.8, 4) is 0 Å². The Hall–Kier alpha value is -3.76. The number of rotatable bonds is 9. The summed E-state index contributed by atoms with van der Waals surface area (Å²) < 4.78 is 17.7. The molecule has 0 saturated heterocycles. The largest absolute Gasteiger partial charge is 0.462 e. The number of esters is 3. The van der Waals surface area contributed by atoms with Crippen molar-refractivity contribution in [2.24, 2.45) is 10.9 Å². The second kappa shape index (κ2) is 11.5. The molecule has 2 heterocycles. The molecule has 1 aromatic carbocycles. The van der Waals surface area contributed by atoms with Crippen molar-refractivity contribution in [1.82, 2.24) is 14.5 Å². The van der Waals surface area contributed by atoms with Gasteiger partial charge in [-0.1, -0.05) is 6.92 Å². The van der Waals surface area contributed by atoms with Crippen LogP contribution in [0.1, 0.15) is 44.5 Å². The van der Waals surface area contributed by atoms with Gasteiger partial charge in [-0.05, 0) is 37.1 Å². The average molecular weight is 515 g/mol. The highest BCUT2D eigenvalue weighted by molar-refractivity contribution is 5.99. The number of carbonyl (C=O) groups excluding carboxylic acids is 3. The molecule has 3 rings (SSSR count). The normalized spacial score (nSPS) is 15.6. The van der Waals surface area contributed by atoms with E-state index in [4.69, 9.17) is 14.2 Å². The summed E-state index contributed by atoms with van der Waals surface area (Å²) >= 11 is 0. The minimum absolute atomic E-state index is 0.0388. The lowest BCUT2D eigenvalue weighted by molar-refractivity contribution is -0.167. The van der Waals surface area contributed by atoms with Gasteiger partial charge < -0.3 is 23.7 Å². The van der Waals surface area contributed by atoms with Gasteiger partial charge in [0.1, 0.15) is 18.8 Å². The first-order chi connectivity index (χ1) is 17.4. The van der Waals surface area contributed by atoms with Crippen LogP contribution in [0.5, 0.6) is 0 Å². The van der Waals surface area contributed by atoms with E-state index in [0.29, 0.717) is 30.0 Å². The Balaban J connectivity index is 2.14. The van der Waals surface area contributed by atoms with Crippen molar-refractivity contribution in [1.29, 1.82) is 0 Å². The Bertz CT molecular complexity index is 1300. The monoisotopic (exact) mass is 514 g/mol. The molecule has 1 aliphatic heterocycles. The number of hydrogen-bond donors (Lipinski definition) is 0. The molecular weight excluding hydrogens is 480 g/mol. The second-order valence-corrected chi connectivity index (χ2v) is 9.39. The maximum Gasteiger partial charge on any atom is 0.303 e. The molecule has 1 aromatic heterocycles. The molecule has 0 amide bonds. The quantitative estimate of drug-likeness (QED) is 0.363. The molecule has 0 aliphatic carbocycles. The number of nitrogens with zero attached hydrogens (tertiary/aromatic N) is 4. The number of aryl methyl sites for hydroxylation is 2. The Morgan fingerprint density at radius 1 is 1.00 bits per heavy atom. The fourth-order valence-corrected chi connectivity index (χ4v) is 4.26. The highest BCUT2D eigenvalue weighted by Gasteiger charge is 2.33. The molecular formula is C26H34N4O7. The lowest BCUT2D eigenvalue weighted by atomic mass is 9.97. The number of carbonyl (C=O) groups is 3. The zero-order valence-electron chi connectivity index (χ0n) is 22.4. The first-order valence-corrected chi connectivity index (χ1v) is 12.1. The summed E-state index contributed by atoms with van der Waals surface area (Å²) in [6.07, 6.45) is -1.79. The number of fused-ring (bicyclic) bond motifs is 1. The van der Waals surface area contributed by atoms with Crippen LogP contribution >= 0.6 is 0 Å². The zero-order chi connectivity index (χ0) is 27.4. The van der Waals surface area contributed by atoms with Gasteiger partial charge in [0.15, 0.2) is 11.5 Å². The molecule has 0 radical (unpaired) electrons. The summed E-state index contributed by atoms with van der Waals surface area (Å²) in [4.78, 5) is 60.1. The standard InChI is InChI=1S/C26H34N4O7/c1-14-10-20-21(11-15(14)2)30(26(34)24(28-20)25-27-8-9-29(25)7)12-22(36-18(5)32)16(3)23(37-19(6)33)13-35-17(4)31/h10-11,16,22-23H,8-9,12-13H2,1-7H3/t16-,22-,23+/m0/s1. The molecule has 3 atom stereocenters. The van der Waals surface area contributed by atoms with Gasteiger partial charge in [0.2, 0.25) is 0 Å². The van der Waals surface area contributed by atoms with Crippen LogP contribution in [-0.2, 0) is 35.1 Å². The Morgan fingerprint density at radius 2 is 1.62 bits per heavy atom. The molecule has 37 heavy (non-hydrogen) atoms. The van der Waals surface area contributed by atoms with Crippen LogP contribution in [0.3, 0.4) is 0 Å². The molecule has 0 bridgehead atoms. The number of benzene rings is 1. The van der Waals surface area contributed by atoms with Crippen LogP contribution in [0.15, 0.2) is 21.9 Å². The van der Waals surface area contributed by atoms with Gasteiger partial charge in [-0.25, -0.2) is 4.98 Å². The maximum absolute atomic E-state index is 13.8. The van der Waals surface area contributed by atoms with Crippen molar-refractivity contribution < 1.29 is 28.6 Å². The summed E-state index contributed by atoms with van der Waals surface area (Å²) in [7, 11) is 1.85. The summed E-state index contributed by atoms with van der Waals surface area (Å²) in [5.74, 6) is -1.80. The third-order valence-electron chi connectivity index (χ3n) is 6.45. The molecule has 1 aliphatic rings. The number of amidine groups is 1. The van der Waals surface area contributed by atoms with Gasteiger partial charge in [0.05, 0.1) is 24.1 Å². The summed E-state index contributed by atoms with van der Waals surface area (Å²) in [6.45, 7) is 10.3. The number of likely N-dealkylation sites (N-methyl/N-ethyl adjacent to an activating group) is 1. The van der Waals surface area contributed by atoms with Gasteiger partial charge >= 0.3 is 17.9 Å². The van der Waals surface area contributed by atoms with E-state index in [9.17, 15) is 19.2 Å². The molecule has 2 aromatic rings. The molecule has 0 saturated carbocycles. The van der Waals surface area contributed by atoms with E-state index < -0.39 is 36.0 Å². The summed E-state index contributed by atoms with van der Waals surface area (Å²) in [5, 5.41) is 0. The number of aliphatic imine (C=N–C) groups is 1. The first-order valence-electron chi connectivity index (χ1n) is 12.1. The van der Waals surface area contributed by atoms with Gasteiger partial charge in [0, 0.05) is 40.3 Å². The second-order valence-electron chi connectivity index (χ2n) is 9.39. The van der Waals surface area contributed by atoms with E-state index >= 15 is 0 Å². The fraction of sp³-hybridized carbons (Fsp3) is 0.538. The average Bonchev–Trinajstić information content (AvgIpc) is 3.23. The van der Waals surface area contributed by atoms with Gasteiger partial charge in [0.25, 0.3) is 5.56 Å². The lowest BCUT2D eigenvalue weighted by Crippen LogP contribution is -2.43. The summed E-state index contributed by atoms with van der Waals surface area (Å²) in [6, 6.07) is 3.78. The van der Waals surface area contributed by atoms with Crippen molar-refractivity contribution in [2.75, 3.05) is 26.7 Å². The van der Waals surface area contributed by atoms with Gasteiger partial charge in [-0.3, -0.25) is 24.2 Å². The fourth-order valence-electron chi connectivity index (χ4n) is 4.26. The van der Waals surface area contributed by atoms with Crippen LogP contribution in [0.2, 0.25) is 0 Å².